The molecule has 2 aliphatic heterocycles. The average molecular weight is 416 g/mol. The van der Waals surface area contributed by atoms with Gasteiger partial charge in [-0.1, -0.05) is 29.8 Å². The lowest BCUT2D eigenvalue weighted by molar-refractivity contribution is 0.231. The lowest BCUT2D eigenvalue weighted by Crippen LogP contribution is -2.50. The van der Waals surface area contributed by atoms with Gasteiger partial charge in [0.05, 0.1) is 16.1 Å². The van der Waals surface area contributed by atoms with Gasteiger partial charge in [-0.3, -0.25) is 4.90 Å². The van der Waals surface area contributed by atoms with E-state index in [0.717, 1.165) is 30.7 Å². The SMILES string of the molecule is O=S(=O)(c1ccc(Cl)cc1)n1cc(N2CCN3CCCC3C2)c2ccccc21. The molecule has 1 aromatic heterocycles. The third kappa shape index (κ3) is 2.91. The van der Waals surface area contributed by atoms with Gasteiger partial charge in [0.1, 0.15) is 0 Å². The van der Waals surface area contributed by atoms with Gasteiger partial charge in [0, 0.05) is 42.3 Å². The van der Waals surface area contributed by atoms with Crippen molar-refractivity contribution in [2.24, 2.45) is 0 Å². The lowest BCUT2D eigenvalue weighted by atomic mass is 10.1. The van der Waals surface area contributed by atoms with E-state index in [1.165, 1.54) is 23.4 Å². The molecule has 0 spiro atoms. The minimum Gasteiger partial charge on any atom is -0.367 e. The van der Waals surface area contributed by atoms with E-state index >= 15 is 0 Å². The molecule has 3 aromatic rings. The van der Waals surface area contributed by atoms with Crippen LogP contribution < -0.4 is 4.90 Å². The van der Waals surface area contributed by atoms with Gasteiger partial charge in [-0.15, -0.1) is 0 Å². The number of piperazine rings is 1. The zero-order valence-electron chi connectivity index (χ0n) is 15.5. The Hall–Kier alpha value is -2.02. The molecule has 2 aromatic carbocycles. The Bertz CT molecular complexity index is 1120. The van der Waals surface area contributed by atoms with Crippen LogP contribution in [-0.2, 0) is 10.0 Å². The lowest BCUT2D eigenvalue weighted by Gasteiger charge is -2.38. The van der Waals surface area contributed by atoms with Gasteiger partial charge in [0.15, 0.2) is 0 Å². The molecule has 5 rings (SSSR count). The summed E-state index contributed by atoms with van der Waals surface area (Å²) in [7, 11) is -3.70. The topological polar surface area (TPSA) is 45.6 Å². The minimum atomic E-state index is -3.70. The maximum absolute atomic E-state index is 13.3. The van der Waals surface area contributed by atoms with Crippen LogP contribution in [-0.4, -0.2) is 49.5 Å². The van der Waals surface area contributed by atoms with Gasteiger partial charge in [-0.25, -0.2) is 12.4 Å². The van der Waals surface area contributed by atoms with E-state index in [0.29, 0.717) is 16.6 Å². The van der Waals surface area contributed by atoms with Crippen LogP contribution in [0.1, 0.15) is 12.8 Å². The molecule has 0 N–H and O–H groups in total. The fraction of sp³-hybridized carbons (Fsp3) is 0.333. The molecule has 2 saturated heterocycles. The highest BCUT2D eigenvalue weighted by molar-refractivity contribution is 7.90. The molecule has 0 aliphatic carbocycles. The predicted molar refractivity (Wildman–Crippen MR) is 113 cm³/mol. The van der Waals surface area contributed by atoms with Crippen LogP contribution in [0.4, 0.5) is 5.69 Å². The maximum Gasteiger partial charge on any atom is 0.268 e. The van der Waals surface area contributed by atoms with E-state index in [2.05, 4.69) is 9.80 Å². The van der Waals surface area contributed by atoms with Crippen molar-refractivity contribution >= 4 is 38.2 Å². The van der Waals surface area contributed by atoms with Crippen molar-refractivity contribution in [2.75, 3.05) is 31.1 Å². The molecule has 2 aliphatic rings. The Morgan fingerprint density at radius 1 is 0.964 bits per heavy atom. The minimum absolute atomic E-state index is 0.241. The van der Waals surface area contributed by atoms with Crippen molar-refractivity contribution in [1.82, 2.24) is 8.87 Å². The Labute approximate surface area is 170 Å². The normalized spacial score (nSPS) is 20.6. The molecular weight excluding hydrogens is 394 g/mol. The van der Waals surface area contributed by atoms with E-state index in [4.69, 9.17) is 11.6 Å². The van der Waals surface area contributed by atoms with Crippen LogP contribution >= 0.6 is 11.6 Å². The summed E-state index contributed by atoms with van der Waals surface area (Å²) in [4.78, 5) is 5.15. The first-order chi connectivity index (χ1) is 13.5. The summed E-state index contributed by atoms with van der Waals surface area (Å²) >= 11 is 5.94. The molecule has 1 atom stereocenters. The van der Waals surface area contributed by atoms with E-state index < -0.39 is 10.0 Å². The number of hydrogen-bond donors (Lipinski definition) is 0. The highest BCUT2D eigenvalue weighted by Crippen LogP contribution is 2.34. The number of hydrogen-bond acceptors (Lipinski definition) is 4. The molecule has 5 nitrogen and oxygen atoms in total. The third-order valence-corrected chi connectivity index (χ3v) is 7.90. The summed E-state index contributed by atoms with van der Waals surface area (Å²) in [5.41, 5.74) is 1.71. The average Bonchev–Trinajstić information content (AvgIpc) is 3.32. The van der Waals surface area contributed by atoms with Crippen LogP contribution in [0.15, 0.2) is 59.6 Å². The third-order valence-electron chi connectivity index (χ3n) is 5.96. The van der Waals surface area contributed by atoms with Crippen molar-refractivity contribution < 1.29 is 8.42 Å². The number of aromatic nitrogens is 1. The number of halogens is 1. The quantitative estimate of drug-likeness (QED) is 0.652. The second-order valence-corrected chi connectivity index (χ2v) is 9.82. The second kappa shape index (κ2) is 6.79. The van der Waals surface area contributed by atoms with Gasteiger partial charge in [0.2, 0.25) is 0 Å². The first-order valence-electron chi connectivity index (χ1n) is 9.64. The van der Waals surface area contributed by atoms with Crippen molar-refractivity contribution in [2.45, 2.75) is 23.8 Å². The summed E-state index contributed by atoms with van der Waals surface area (Å²) in [6.45, 7) is 4.10. The highest BCUT2D eigenvalue weighted by Gasteiger charge is 2.32. The summed E-state index contributed by atoms with van der Waals surface area (Å²) in [6, 6.07) is 14.7. The summed E-state index contributed by atoms with van der Waals surface area (Å²) in [5, 5.41) is 1.50. The summed E-state index contributed by atoms with van der Waals surface area (Å²) < 4.78 is 28.1. The van der Waals surface area contributed by atoms with Crippen molar-refractivity contribution in [3.05, 3.63) is 59.8 Å². The number of para-hydroxylation sites is 1. The first kappa shape index (κ1) is 18.0. The number of anilines is 1. The molecule has 2 fully saturated rings. The van der Waals surface area contributed by atoms with Crippen molar-refractivity contribution in [3.8, 4) is 0 Å². The van der Waals surface area contributed by atoms with Gasteiger partial charge < -0.3 is 4.90 Å². The van der Waals surface area contributed by atoms with E-state index in [9.17, 15) is 8.42 Å². The fourth-order valence-corrected chi connectivity index (χ4v) is 6.00. The van der Waals surface area contributed by atoms with Gasteiger partial charge in [-0.05, 0) is 49.7 Å². The number of nitrogens with zero attached hydrogens (tertiary/aromatic N) is 3. The second-order valence-electron chi connectivity index (χ2n) is 7.56. The van der Waals surface area contributed by atoms with E-state index in [1.54, 1.807) is 30.5 Å². The van der Waals surface area contributed by atoms with Crippen LogP contribution in [0.3, 0.4) is 0 Å². The zero-order valence-corrected chi connectivity index (χ0v) is 17.0. The maximum atomic E-state index is 13.3. The Morgan fingerprint density at radius 3 is 2.57 bits per heavy atom. The highest BCUT2D eigenvalue weighted by atomic mass is 35.5. The van der Waals surface area contributed by atoms with E-state index in [-0.39, 0.29) is 4.90 Å². The first-order valence-corrected chi connectivity index (χ1v) is 11.5. The van der Waals surface area contributed by atoms with Crippen LogP contribution in [0.25, 0.3) is 10.9 Å². The molecule has 0 radical (unpaired) electrons. The Balaban J connectivity index is 1.60. The molecule has 3 heterocycles. The van der Waals surface area contributed by atoms with Crippen molar-refractivity contribution in [1.29, 1.82) is 0 Å². The number of rotatable bonds is 3. The predicted octanol–water partition coefficient (Wildman–Crippen LogP) is 3.82. The fourth-order valence-electron chi connectivity index (χ4n) is 4.51. The standard InChI is InChI=1S/C21H22ClN3O2S/c22-16-7-9-18(10-8-16)28(26,27)25-15-21(19-5-1-2-6-20(19)25)24-13-12-23-11-3-4-17(23)14-24/h1-2,5-10,15,17H,3-4,11-14H2. The van der Waals surface area contributed by atoms with Gasteiger partial charge >= 0.3 is 0 Å². The van der Waals surface area contributed by atoms with Crippen LogP contribution in [0, 0.1) is 0 Å². The van der Waals surface area contributed by atoms with Gasteiger partial charge in [-0.2, -0.15) is 0 Å². The van der Waals surface area contributed by atoms with Gasteiger partial charge in [0.25, 0.3) is 10.0 Å². The molecular formula is C21H22ClN3O2S. The van der Waals surface area contributed by atoms with E-state index in [1.807, 2.05) is 24.3 Å². The number of benzene rings is 2. The van der Waals surface area contributed by atoms with Crippen LogP contribution in [0.5, 0.6) is 0 Å². The molecule has 28 heavy (non-hydrogen) atoms. The Kier molecular flexibility index (Phi) is 4.38. The number of fused-ring (bicyclic) bond motifs is 2. The largest absolute Gasteiger partial charge is 0.367 e. The Morgan fingerprint density at radius 2 is 1.75 bits per heavy atom. The molecule has 146 valence electrons. The summed E-state index contributed by atoms with van der Waals surface area (Å²) in [6.07, 6.45) is 4.27. The van der Waals surface area contributed by atoms with Crippen LogP contribution in [0.2, 0.25) is 5.02 Å². The molecule has 0 saturated carbocycles. The van der Waals surface area contributed by atoms with Crippen molar-refractivity contribution in [3.63, 3.8) is 0 Å². The smallest absolute Gasteiger partial charge is 0.268 e. The molecule has 0 amide bonds. The molecule has 0 bridgehead atoms. The monoisotopic (exact) mass is 415 g/mol. The summed E-state index contributed by atoms with van der Waals surface area (Å²) in [5.74, 6) is 0. The molecule has 1 unspecified atom stereocenters. The molecule has 7 heteroatoms. The zero-order chi connectivity index (χ0) is 19.3.